The van der Waals surface area contributed by atoms with E-state index in [1.165, 1.54) is 32.1 Å². The van der Waals surface area contributed by atoms with Crippen LogP contribution in [0.1, 0.15) is 46.0 Å². The normalized spacial score (nSPS) is 28.0. The van der Waals surface area contributed by atoms with Crippen molar-refractivity contribution in [3.05, 3.63) is 0 Å². The first-order valence-electron chi connectivity index (χ1n) is 6.54. The highest BCUT2D eigenvalue weighted by atomic mass is 32.1. The van der Waals surface area contributed by atoms with E-state index in [9.17, 15) is 0 Å². The maximum absolute atomic E-state index is 5.67. The van der Waals surface area contributed by atoms with E-state index in [-0.39, 0.29) is 0 Å². The highest BCUT2D eigenvalue weighted by Crippen LogP contribution is 2.29. The molecule has 0 aromatic carbocycles. The van der Waals surface area contributed by atoms with Crippen molar-refractivity contribution in [3.63, 3.8) is 0 Å². The zero-order chi connectivity index (χ0) is 12.1. The van der Waals surface area contributed by atoms with Crippen LogP contribution in [-0.4, -0.2) is 29.5 Å². The third-order valence-corrected chi connectivity index (χ3v) is 4.41. The number of hydrogen-bond acceptors (Lipinski definition) is 2. The van der Waals surface area contributed by atoms with E-state index in [2.05, 4.69) is 25.8 Å². The Morgan fingerprint density at radius 1 is 1.50 bits per heavy atom. The van der Waals surface area contributed by atoms with Crippen LogP contribution in [0.5, 0.6) is 0 Å². The van der Waals surface area contributed by atoms with Gasteiger partial charge in [-0.2, -0.15) is 0 Å². The highest BCUT2D eigenvalue weighted by molar-refractivity contribution is 7.80. The lowest BCUT2D eigenvalue weighted by atomic mass is 9.83. The number of nitrogens with two attached hydrogens (primary N) is 1. The molecule has 1 aliphatic carbocycles. The molecule has 0 aromatic heterocycles. The Kier molecular flexibility index (Phi) is 5.70. The van der Waals surface area contributed by atoms with Gasteiger partial charge in [0.15, 0.2) is 0 Å². The molecule has 16 heavy (non-hydrogen) atoms. The van der Waals surface area contributed by atoms with Gasteiger partial charge in [0.05, 0.1) is 4.99 Å². The molecule has 0 bridgehead atoms. The number of nitrogens with zero attached hydrogens (tertiary/aromatic N) is 1. The Balaban J connectivity index is 2.40. The quantitative estimate of drug-likeness (QED) is 0.752. The molecule has 1 saturated carbocycles. The van der Waals surface area contributed by atoms with Gasteiger partial charge < -0.3 is 10.6 Å². The smallest absolute Gasteiger partial charge is 0.0768 e. The van der Waals surface area contributed by atoms with Crippen molar-refractivity contribution in [3.8, 4) is 0 Å². The number of thiocarbonyl (C=S) groups is 1. The topological polar surface area (TPSA) is 29.3 Å². The summed E-state index contributed by atoms with van der Waals surface area (Å²) < 4.78 is 0. The van der Waals surface area contributed by atoms with Crippen LogP contribution < -0.4 is 5.73 Å². The average Bonchev–Trinajstić information content (AvgIpc) is 2.28. The third-order valence-electron chi connectivity index (χ3n) is 4.00. The lowest BCUT2D eigenvalue weighted by Gasteiger charge is -2.36. The fourth-order valence-electron chi connectivity index (χ4n) is 2.70. The van der Waals surface area contributed by atoms with Crippen molar-refractivity contribution in [1.29, 1.82) is 0 Å². The minimum atomic E-state index is 0.335. The van der Waals surface area contributed by atoms with Gasteiger partial charge in [0.25, 0.3) is 0 Å². The third kappa shape index (κ3) is 4.02. The van der Waals surface area contributed by atoms with Gasteiger partial charge in [0.2, 0.25) is 0 Å². The van der Waals surface area contributed by atoms with Gasteiger partial charge >= 0.3 is 0 Å². The summed E-state index contributed by atoms with van der Waals surface area (Å²) >= 11 is 5.04. The van der Waals surface area contributed by atoms with Crippen LogP contribution in [0.25, 0.3) is 0 Å². The molecule has 1 aliphatic rings. The van der Waals surface area contributed by atoms with E-state index in [0.29, 0.717) is 10.9 Å². The molecule has 2 nitrogen and oxygen atoms in total. The molecule has 3 atom stereocenters. The van der Waals surface area contributed by atoms with Gasteiger partial charge in [-0.25, -0.2) is 0 Å². The minimum absolute atomic E-state index is 0.335. The molecule has 0 aliphatic heterocycles. The summed E-state index contributed by atoms with van der Waals surface area (Å²) in [4.78, 5) is 3.11. The predicted octanol–water partition coefficient (Wildman–Crippen LogP) is 2.81. The fraction of sp³-hybridized carbons (Fsp3) is 0.923. The summed E-state index contributed by atoms with van der Waals surface area (Å²) in [7, 11) is 2.22. The highest BCUT2D eigenvalue weighted by Gasteiger charge is 2.24. The van der Waals surface area contributed by atoms with Crippen molar-refractivity contribution in [2.75, 3.05) is 13.6 Å². The van der Waals surface area contributed by atoms with Crippen LogP contribution >= 0.6 is 12.2 Å². The van der Waals surface area contributed by atoms with Crippen LogP contribution in [0.2, 0.25) is 0 Å². The molecule has 1 fully saturated rings. The summed E-state index contributed by atoms with van der Waals surface area (Å²) in [5.41, 5.74) is 5.67. The van der Waals surface area contributed by atoms with E-state index in [0.717, 1.165) is 18.5 Å². The summed E-state index contributed by atoms with van der Waals surface area (Å²) in [6.45, 7) is 5.44. The van der Waals surface area contributed by atoms with E-state index < -0.39 is 0 Å². The molecule has 0 spiro atoms. The summed E-state index contributed by atoms with van der Waals surface area (Å²) in [6.07, 6.45) is 6.84. The van der Waals surface area contributed by atoms with Gasteiger partial charge in [-0.05, 0) is 25.8 Å². The van der Waals surface area contributed by atoms with E-state index in [1.54, 1.807) is 0 Å². The second-order valence-electron chi connectivity index (χ2n) is 5.34. The molecule has 0 saturated heterocycles. The summed E-state index contributed by atoms with van der Waals surface area (Å²) in [5.74, 6) is 1.27. The zero-order valence-electron chi connectivity index (χ0n) is 10.9. The Labute approximate surface area is 106 Å². The molecular weight excluding hydrogens is 216 g/mol. The minimum Gasteiger partial charge on any atom is -0.393 e. The van der Waals surface area contributed by atoms with Crippen LogP contribution in [0.4, 0.5) is 0 Å². The molecule has 1 rings (SSSR count). The lowest BCUT2D eigenvalue weighted by Crippen LogP contribution is -2.40. The SMILES string of the molecule is CCC1CCCC(N(C)CC(C)C(N)=S)C1. The first kappa shape index (κ1) is 13.9. The molecule has 0 aromatic rings. The lowest BCUT2D eigenvalue weighted by molar-refractivity contribution is 0.149. The van der Waals surface area contributed by atoms with Crippen molar-refractivity contribution in [2.24, 2.45) is 17.6 Å². The van der Waals surface area contributed by atoms with Crippen molar-refractivity contribution in [1.82, 2.24) is 4.90 Å². The van der Waals surface area contributed by atoms with Gasteiger partial charge in [0, 0.05) is 18.5 Å². The monoisotopic (exact) mass is 242 g/mol. The van der Waals surface area contributed by atoms with Gasteiger partial charge in [-0.15, -0.1) is 0 Å². The molecule has 0 radical (unpaired) electrons. The van der Waals surface area contributed by atoms with Crippen molar-refractivity contribution < 1.29 is 0 Å². The van der Waals surface area contributed by atoms with Crippen LogP contribution in [0.3, 0.4) is 0 Å². The summed E-state index contributed by atoms with van der Waals surface area (Å²) in [6, 6.07) is 0.746. The van der Waals surface area contributed by atoms with E-state index >= 15 is 0 Å². The predicted molar refractivity (Wildman–Crippen MR) is 74.6 cm³/mol. The van der Waals surface area contributed by atoms with Gasteiger partial charge in [-0.1, -0.05) is 45.3 Å². The Morgan fingerprint density at radius 2 is 2.19 bits per heavy atom. The van der Waals surface area contributed by atoms with E-state index in [1.807, 2.05) is 0 Å². The Morgan fingerprint density at radius 3 is 2.75 bits per heavy atom. The average molecular weight is 242 g/mol. The molecule has 3 unspecified atom stereocenters. The second kappa shape index (κ2) is 6.55. The standard InChI is InChI=1S/C13H26N2S/c1-4-11-6-5-7-12(8-11)15(3)9-10(2)13(14)16/h10-12H,4-9H2,1-3H3,(H2,14,16). The van der Waals surface area contributed by atoms with Crippen molar-refractivity contribution >= 4 is 17.2 Å². The number of hydrogen-bond donors (Lipinski definition) is 1. The van der Waals surface area contributed by atoms with Crippen LogP contribution in [0, 0.1) is 11.8 Å². The van der Waals surface area contributed by atoms with Crippen LogP contribution in [-0.2, 0) is 0 Å². The maximum Gasteiger partial charge on any atom is 0.0768 e. The van der Waals surface area contributed by atoms with Crippen LogP contribution in [0.15, 0.2) is 0 Å². The second-order valence-corrected chi connectivity index (χ2v) is 5.81. The van der Waals surface area contributed by atoms with Gasteiger partial charge in [0.1, 0.15) is 0 Å². The zero-order valence-corrected chi connectivity index (χ0v) is 11.7. The first-order valence-corrected chi connectivity index (χ1v) is 6.95. The fourth-order valence-corrected chi connectivity index (χ4v) is 2.78. The molecule has 3 heteroatoms. The Hall–Kier alpha value is -0.150. The van der Waals surface area contributed by atoms with Gasteiger partial charge in [-0.3, -0.25) is 0 Å². The summed E-state index contributed by atoms with van der Waals surface area (Å²) in [5, 5.41) is 0. The molecule has 0 amide bonds. The largest absolute Gasteiger partial charge is 0.393 e. The molecule has 0 heterocycles. The Bertz CT molecular complexity index is 230. The molecular formula is C13H26N2S. The molecule has 2 N–H and O–H groups in total. The number of rotatable bonds is 5. The van der Waals surface area contributed by atoms with E-state index in [4.69, 9.17) is 18.0 Å². The molecule has 94 valence electrons. The maximum atomic E-state index is 5.67. The first-order chi connectivity index (χ1) is 7.54. The van der Waals surface area contributed by atoms with Crippen molar-refractivity contribution in [2.45, 2.75) is 52.0 Å².